The van der Waals surface area contributed by atoms with Crippen molar-refractivity contribution in [3.8, 4) is 22.5 Å². The van der Waals surface area contributed by atoms with E-state index in [9.17, 15) is 0 Å². The molecule has 0 spiro atoms. The first kappa shape index (κ1) is 38.1. The normalized spacial score (nSPS) is 12.6. The third-order valence-corrected chi connectivity index (χ3v) is 11.7. The fourth-order valence-corrected chi connectivity index (χ4v) is 8.97. The topological polar surface area (TPSA) is 26.0 Å². The molecule has 0 fully saturated rings. The van der Waals surface area contributed by atoms with Gasteiger partial charge in [-0.1, -0.05) is 138 Å². The van der Waals surface area contributed by atoms with Crippen LogP contribution in [-0.4, -0.2) is 14.1 Å². The number of benzene rings is 7. The average molecular weight is 777 g/mol. The average Bonchev–Trinajstić information content (AvgIpc) is 3.82. The molecule has 0 saturated heterocycles. The zero-order chi connectivity index (χ0) is 41.4. The van der Waals surface area contributed by atoms with E-state index in [-0.39, 0.29) is 5.41 Å². The van der Waals surface area contributed by atoms with E-state index in [1.165, 1.54) is 55.4 Å². The van der Waals surface area contributed by atoms with E-state index in [4.69, 9.17) is 4.98 Å². The maximum absolute atomic E-state index is 4.89. The number of anilines is 3. The standard InChI is InChI=1S/C50H36N4.C4H6.C2H6/c1-50(2)41-21-12-13-22-45(41)54(37-19-10-5-11-20-37)48-31-39-38-29-33(24-26-43(38)53(47(39)32-42(48)50)36-17-8-4-9-18-36)34-25-27-44-40(30-34)49-46(23-14-28-51-49)52(44)35-15-6-3-7-16-35;1-3-4-2;1-2/h3-32H,1-2H3;3-4H,1-2H2;1-2H3. The Labute approximate surface area is 352 Å². The van der Waals surface area contributed by atoms with Gasteiger partial charge in [0, 0.05) is 44.8 Å². The molecule has 10 aromatic rings. The summed E-state index contributed by atoms with van der Waals surface area (Å²) in [5.41, 5.74) is 16.3. The molecule has 0 N–H and O–H groups in total. The van der Waals surface area contributed by atoms with Crippen molar-refractivity contribution in [2.45, 2.75) is 33.1 Å². The number of hydrogen-bond acceptors (Lipinski definition) is 2. The Hall–Kier alpha value is -7.43. The maximum Gasteiger partial charge on any atom is 0.0963 e. The van der Waals surface area contributed by atoms with Crippen LogP contribution in [0.25, 0.3) is 66.2 Å². The zero-order valence-electron chi connectivity index (χ0n) is 34.7. The van der Waals surface area contributed by atoms with Crippen LogP contribution >= 0.6 is 0 Å². The minimum atomic E-state index is -0.211. The molecule has 4 heteroatoms. The quantitative estimate of drug-likeness (QED) is 0.163. The van der Waals surface area contributed by atoms with Gasteiger partial charge < -0.3 is 14.0 Å². The SMILES string of the molecule is C=CC=C.CC.CC1(C)c2ccccc2N(c2ccccc2)c2cc3c4cc(-c5ccc6c(c5)c5ncccc5n6-c5ccccc5)ccc4n(-c4ccccc4)c3cc21. The Bertz CT molecular complexity index is 3160. The highest BCUT2D eigenvalue weighted by Gasteiger charge is 2.37. The van der Waals surface area contributed by atoms with E-state index in [1.54, 1.807) is 12.2 Å². The Morgan fingerprint density at radius 1 is 0.450 bits per heavy atom. The summed E-state index contributed by atoms with van der Waals surface area (Å²) in [6.45, 7) is 15.5. The van der Waals surface area contributed by atoms with E-state index in [2.05, 4.69) is 211 Å². The lowest BCUT2D eigenvalue weighted by Crippen LogP contribution is -2.30. The van der Waals surface area contributed by atoms with Gasteiger partial charge >= 0.3 is 0 Å². The van der Waals surface area contributed by atoms with Gasteiger partial charge in [-0.25, -0.2) is 0 Å². The van der Waals surface area contributed by atoms with Crippen LogP contribution in [0.2, 0.25) is 0 Å². The van der Waals surface area contributed by atoms with Crippen LogP contribution in [0.3, 0.4) is 0 Å². The molecule has 292 valence electrons. The molecule has 60 heavy (non-hydrogen) atoms. The number of nitrogens with zero attached hydrogens (tertiary/aromatic N) is 4. The summed E-state index contributed by atoms with van der Waals surface area (Å²) < 4.78 is 4.76. The Balaban J connectivity index is 0.000000730. The van der Waals surface area contributed by atoms with E-state index in [1.807, 2.05) is 26.1 Å². The first-order valence-corrected chi connectivity index (χ1v) is 20.8. The van der Waals surface area contributed by atoms with Crippen molar-refractivity contribution >= 4 is 60.8 Å². The Morgan fingerprint density at radius 3 is 1.58 bits per heavy atom. The molecule has 11 rings (SSSR count). The van der Waals surface area contributed by atoms with E-state index < -0.39 is 0 Å². The second-order valence-electron chi connectivity index (χ2n) is 15.3. The number of aromatic nitrogens is 3. The van der Waals surface area contributed by atoms with Gasteiger partial charge in [0.15, 0.2) is 0 Å². The number of para-hydroxylation sites is 4. The summed E-state index contributed by atoms with van der Waals surface area (Å²) in [4.78, 5) is 7.34. The largest absolute Gasteiger partial charge is 0.310 e. The third kappa shape index (κ3) is 6.20. The number of pyridine rings is 1. The molecule has 1 aliphatic heterocycles. The molecule has 0 bridgehead atoms. The van der Waals surface area contributed by atoms with Crippen LogP contribution in [-0.2, 0) is 5.41 Å². The van der Waals surface area contributed by atoms with Crippen molar-refractivity contribution in [1.29, 1.82) is 0 Å². The summed E-state index contributed by atoms with van der Waals surface area (Å²) in [5.74, 6) is 0. The highest BCUT2D eigenvalue weighted by atomic mass is 15.2. The lowest BCUT2D eigenvalue weighted by Gasteiger charge is -2.42. The van der Waals surface area contributed by atoms with Crippen molar-refractivity contribution in [1.82, 2.24) is 14.1 Å². The monoisotopic (exact) mass is 776 g/mol. The number of hydrogen-bond donors (Lipinski definition) is 0. The second kappa shape index (κ2) is 15.7. The lowest BCUT2D eigenvalue weighted by molar-refractivity contribution is 0.632. The molecule has 0 amide bonds. The molecule has 0 aliphatic carbocycles. The fraction of sp³-hybridized carbons (Fsp3) is 0.0893. The summed E-state index contributed by atoms with van der Waals surface area (Å²) >= 11 is 0. The third-order valence-electron chi connectivity index (χ3n) is 11.7. The minimum Gasteiger partial charge on any atom is -0.310 e. The van der Waals surface area contributed by atoms with Gasteiger partial charge in [0.05, 0.1) is 39.0 Å². The van der Waals surface area contributed by atoms with Crippen LogP contribution in [0.15, 0.2) is 207 Å². The van der Waals surface area contributed by atoms with Crippen LogP contribution < -0.4 is 4.90 Å². The lowest BCUT2D eigenvalue weighted by atomic mass is 9.73. The van der Waals surface area contributed by atoms with E-state index in [0.717, 1.165) is 39.0 Å². The first-order valence-electron chi connectivity index (χ1n) is 20.8. The smallest absolute Gasteiger partial charge is 0.0963 e. The van der Waals surface area contributed by atoms with Crippen molar-refractivity contribution in [3.05, 3.63) is 219 Å². The van der Waals surface area contributed by atoms with Crippen molar-refractivity contribution in [3.63, 3.8) is 0 Å². The molecule has 0 unspecified atom stereocenters. The van der Waals surface area contributed by atoms with E-state index in [0.29, 0.717) is 0 Å². The van der Waals surface area contributed by atoms with Crippen molar-refractivity contribution in [2.75, 3.05) is 4.90 Å². The van der Waals surface area contributed by atoms with Gasteiger partial charge in [-0.2, -0.15) is 0 Å². The zero-order valence-corrected chi connectivity index (χ0v) is 34.7. The highest BCUT2D eigenvalue weighted by Crippen LogP contribution is 2.53. The molecule has 4 nitrogen and oxygen atoms in total. The molecule has 0 saturated carbocycles. The Morgan fingerprint density at radius 2 is 0.967 bits per heavy atom. The first-order chi connectivity index (χ1) is 29.5. The molecule has 4 heterocycles. The van der Waals surface area contributed by atoms with Crippen molar-refractivity contribution < 1.29 is 0 Å². The summed E-state index contributed by atoms with van der Waals surface area (Å²) in [6, 6.07) is 63.9. The van der Waals surface area contributed by atoms with Gasteiger partial charge in [-0.15, -0.1) is 0 Å². The van der Waals surface area contributed by atoms with Crippen LogP contribution in [0.1, 0.15) is 38.8 Å². The van der Waals surface area contributed by atoms with Crippen LogP contribution in [0.4, 0.5) is 17.1 Å². The molecule has 0 radical (unpaired) electrons. The van der Waals surface area contributed by atoms with Gasteiger partial charge in [-0.3, -0.25) is 4.98 Å². The molecular formula is C56H48N4. The molecule has 1 aliphatic rings. The van der Waals surface area contributed by atoms with Crippen LogP contribution in [0, 0.1) is 0 Å². The van der Waals surface area contributed by atoms with Gasteiger partial charge in [0.1, 0.15) is 0 Å². The molecule has 7 aromatic carbocycles. The summed E-state index contributed by atoms with van der Waals surface area (Å²) in [5, 5.41) is 3.60. The predicted octanol–water partition coefficient (Wildman–Crippen LogP) is 15.4. The Kier molecular flexibility index (Phi) is 9.99. The molecule has 3 aromatic heterocycles. The number of rotatable bonds is 5. The number of allylic oxidation sites excluding steroid dienone is 2. The van der Waals surface area contributed by atoms with Crippen LogP contribution in [0.5, 0.6) is 0 Å². The maximum atomic E-state index is 4.89. The molecular weight excluding hydrogens is 729 g/mol. The molecule has 0 atom stereocenters. The highest BCUT2D eigenvalue weighted by molar-refractivity contribution is 6.13. The predicted molar refractivity (Wildman–Crippen MR) is 257 cm³/mol. The number of fused-ring (bicyclic) bond motifs is 8. The van der Waals surface area contributed by atoms with Gasteiger partial charge in [-0.05, 0) is 113 Å². The minimum absolute atomic E-state index is 0.211. The summed E-state index contributed by atoms with van der Waals surface area (Å²) in [7, 11) is 0. The summed E-state index contributed by atoms with van der Waals surface area (Å²) in [6.07, 6.45) is 5.17. The van der Waals surface area contributed by atoms with Crippen molar-refractivity contribution in [2.24, 2.45) is 0 Å². The van der Waals surface area contributed by atoms with Gasteiger partial charge in [0.2, 0.25) is 0 Å². The fourth-order valence-electron chi connectivity index (χ4n) is 8.97. The second-order valence-corrected chi connectivity index (χ2v) is 15.3. The van der Waals surface area contributed by atoms with E-state index >= 15 is 0 Å². The van der Waals surface area contributed by atoms with Gasteiger partial charge in [0.25, 0.3) is 0 Å².